The van der Waals surface area contributed by atoms with Crippen LogP contribution in [-0.2, 0) is 0 Å². The highest BCUT2D eigenvalue weighted by Gasteiger charge is 2.10. The highest BCUT2D eigenvalue weighted by atomic mass is 79.9. The van der Waals surface area contributed by atoms with Crippen LogP contribution in [0.25, 0.3) is 11.6 Å². The monoisotopic (exact) mass is 419 g/mol. The maximum absolute atomic E-state index is 9.24. The van der Waals surface area contributed by atoms with E-state index in [1.54, 1.807) is 30.3 Å². The van der Waals surface area contributed by atoms with Crippen LogP contribution in [0.2, 0.25) is 10.0 Å². The molecule has 0 fully saturated rings. The van der Waals surface area contributed by atoms with Gasteiger partial charge in [0.25, 0.3) is 0 Å². The van der Waals surface area contributed by atoms with Crippen LogP contribution in [0.5, 0.6) is 0 Å². The Hall–Kier alpha value is -0.730. The molecule has 1 aromatic heterocycles. The first-order valence-electron chi connectivity index (χ1n) is 5.03. The molecule has 0 aliphatic carbocycles. The van der Waals surface area contributed by atoms with E-state index >= 15 is 0 Å². The van der Waals surface area contributed by atoms with E-state index in [4.69, 9.17) is 27.6 Å². The average molecular weight is 422 g/mol. The molecule has 0 spiro atoms. The number of nitriles is 1. The summed E-state index contributed by atoms with van der Waals surface area (Å²) in [5.74, 6) is 0.543. The molecule has 0 bridgehead atoms. The molecule has 0 aliphatic rings. The molecule has 19 heavy (non-hydrogen) atoms. The third kappa shape index (κ3) is 3.43. The Morgan fingerprint density at radius 1 is 1.26 bits per heavy atom. The van der Waals surface area contributed by atoms with Crippen LogP contribution in [0.1, 0.15) is 11.3 Å². The minimum atomic E-state index is 0.399. The Balaban J connectivity index is 2.48. The van der Waals surface area contributed by atoms with Crippen molar-refractivity contribution in [3.63, 3.8) is 0 Å². The van der Waals surface area contributed by atoms with Crippen LogP contribution in [0.3, 0.4) is 0 Å². The molecule has 0 N–H and O–H groups in total. The van der Waals surface area contributed by atoms with Crippen molar-refractivity contribution >= 4 is 66.7 Å². The van der Waals surface area contributed by atoms with E-state index in [9.17, 15) is 5.26 Å². The molecule has 0 saturated heterocycles. The third-order valence-electron chi connectivity index (χ3n) is 2.29. The fraction of sp³-hybridized carbons (Fsp3) is 0. The van der Waals surface area contributed by atoms with E-state index in [0.29, 0.717) is 31.6 Å². The topological polar surface area (TPSA) is 36.9 Å². The normalized spacial score (nSPS) is 11.4. The molecule has 2 rings (SSSR count). The standard InChI is InChI=1S/C13H5Br2Cl2NO/c14-11-5-9(19-13(11)15)3-7(6-18)10-2-1-8(16)4-12(10)17/h1-5H/b7-3+. The number of rotatable bonds is 2. The molecule has 0 aliphatic heterocycles. The predicted molar refractivity (Wildman–Crippen MR) is 84.1 cm³/mol. The zero-order chi connectivity index (χ0) is 14.0. The number of halogens is 4. The zero-order valence-electron chi connectivity index (χ0n) is 9.25. The minimum Gasteiger partial charge on any atom is -0.449 e. The number of nitrogens with zero attached hydrogens (tertiary/aromatic N) is 1. The Kier molecular flexibility index (Phi) is 4.75. The van der Waals surface area contributed by atoms with Crippen LogP contribution in [-0.4, -0.2) is 0 Å². The summed E-state index contributed by atoms with van der Waals surface area (Å²) in [5.41, 5.74) is 1.01. The molecule has 1 heterocycles. The minimum absolute atomic E-state index is 0.399. The fourth-order valence-corrected chi connectivity index (χ4v) is 2.57. The van der Waals surface area contributed by atoms with Crippen LogP contribution >= 0.6 is 55.1 Å². The predicted octanol–water partition coefficient (Wildman–Crippen LogP) is 6.18. The van der Waals surface area contributed by atoms with Gasteiger partial charge in [-0.15, -0.1) is 0 Å². The summed E-state index contributed by atoms with van der Waals surface area (Å²) in [6.07, 6.45) is 1.62. The smallest absolute Gasteiger partial charge is 0.184 e. The number of furan rings is 1. The van der Waals surface area contributed by atoms with E-state index in [-0.39, 0.29) is 0 Å². The molecule has 6 heteroatoms. The lowest BCUT2D eigenvalue weighted by Gasteiger charge is -2.02. The molecule has 0 amide bonds. The molecule has 0 atom stereocenters. The lowest BCUT2D eigenvalue weighted by Crippen LogP contribution is -1.83. The van der Waals surface area contributed by atoms with Gasteiger partial charge in [-0.3, -0.25) is 0 Å². The maximum atomic E-state index is 9.24. The van der Waals surface area contributed by atoms with Crippen molar-refractivity contribution < 1.29 is 4.42 Å². The van der Waals surface area contributed by atoms with Gasteiger partial charge in [-0.25, -0.2) is 0 Å². The third-order valence-corrected chi connectivity index (χ3v) is 4.55. The van der Waals surface area contributed by atoms with Gasteiger partial charge in [-0.05, 0) is 56.1 Å². The molecule has 2 aromatic rings. The highest BCUT2D eigenvalue weighted by molar-refractivity contribution is 9.13. The molecule has 0 saturated carbocycles. The summed E-state index contributed by atoms with van der Waals surface area (Å²) in [5, 5.41) is 10.2. The summed E-state index contributed by atoms with van der Waals surface area (Å²) in [4.78, 5) is 0. The Morgan fingerprint density at radius 3 is 2.53 bits per heavy atom. The average Bonchev–Trinajstić information content (AvgIpc) is 2.66. The van der Waals surface area contributed by atoms with Gasteiger partial charge in [0.1, 0.15) is 5.76 Å². The molecular weight excluding hydrogens is 417 g/mol. The van der Waals surface area contributed by atoms with E-state index < -0.39 is 0 Å². The van der Waals surface area contributed by atoms with Crippen molar-refractivity contribution in [2.45, 2.75) is 0 Å². The van der Waals surface area contributed by atoms with Gasteiger partial charge in [0.15, 0.2) is 4.67 Å². The summed E-state index contributed by atoms with van der Waals surface area (Å²) in [6, 6.07) is 8.83. The lowest BCUT2D eigenvalue weighted by atomic mass is 10.1. The van der Waals surface area contributed by atoms with Crippen molar-refractivity contribution in [3.05, 3.63) is 54.8 Å². The number of hydrogen-bond donors (Lipinski definition) is 0. The highest BCUT2D eigenvalue weighted by Crippen LogP contribution is 2.31. The lowest BCUT2D eigenvalue weighted by molar-refractivity contribution is 0.530. The Bertz CT molecular complexity index is 682. The van der Waals surface area contributed by atoms with Gasteiger partial charge in [0.05, 0.1) is 21.1 Å². The van der Waals surface area contributed by atoms with E-state index in [1.165, 1.54) is 0 Å². The molecule has 2 nitrogen and oxygen atoms in total. The number of hydrogen-bond acceptors (Lipinski definition) is 2. The molecule has 0 unspecified atom stereocenters. The summed E-state index contributed by atoms with van der Waals surface area (Å²) < 4.78 is 6.75. The van der Waals surface area contributed by atoms with Crippen molar-refractivity contribution in [2.75, 3.05) is 0 Å². The number of benzene rings is 1. The van der Waals surface area contributed by atoms with Crippen LogP contribution in [0.4, 0.5) is 0 Å². The van der Waals surface area contributed by atoms with Gasteiger partial charge in [0, 0.05) is 10.6 Å². The van der Waals surface area contributed by atoms with Gasteiger partial charge in [-0.1, -0.05) is 29.3 Å². The van der Waals surface area contributed by atoms with Crippen LogP contribution in [0, 0.1) is 11.3 Å². The van der Waals surface area contributed by atoms with Crippen LogP contribution < -0.4 is 0 Å². The number of allylic oxidation sites excluding steroid dienone is 1. The van der Waals surface area contributed by atoms with E-state index in [2.05, 4.69) is 37.9 Å². The summed E-state index contributed by atoms with van der Waals surface area (Å²) >= 11 is 18.5. The van der Waals surface area contributed by atoms with Crippen LogP contribution in [0.15, 0.2) is 37.8 Å². The quantitative estimate of drug-likeness (QED) is 0.543. The van der Waals surface area contributed by atoms with E-state index in [1.807, 2.05) is 0 Å². The second kappa shape index (κ2) is 6.15. The van der Waals surface area contributed by atoms with Gasteiger partial charge in [0.2, 0.25) is 0 Å². The SMILES string of the molecule is N#C/C(=C\c1cc(Br)c(Br)o1)c1ccc(Cl)cc1Cl. The zero-order valence-corrected chi connectivity index (χ0v) is 13.9. The van der Waals surface area contributed by atoms with Crippen molar-refractivity contribution in [1.29, 1.82) is 5.26 Å². The Morgan fingerprint density at radius 2 is 2.00 bits per heavy atom. The van der Waals surface area contributed by atoms with Gasteiger partial charge in [-0.2, -0.15) is 5.26 Å². The molecule has 1 aromatic carbocycles. The largest absolute Gasteiger partial charge is 0.449 e. The first-order chi connectivity index (χ1) is 9.01. The Labute approximate surface area is 136 Å². The second-order valence-corrected chi connectivity index (χ2v) is 5.98. The van der Waals surface area contributed by atoms with Crippen molar-refractivity contribution in [3.8, 4) is 6.07 Å². The summed E-state index contributed by atoms with van der Waals surface area (Å²) in [6.45, 7) is 0. The first kappa shape index (κ1) is 14.7. The van der Waals surface area contributed by atoms with Gasteiger partial charge < -0.3 is 4.42 Å². The second-order valence-electron chi connectivity index (χ2n) is 3.56. The summed E-state index contributed by atoms with van der Waals surface area (Å²) in [7, 11) is 0. The van der Waals surface area contributed by atoms with Crippen molar-refractivity contribution in [1.82, 2.24) is 0 Å². The van der Waals surface area contributed by atoms with Crippen molar-refractivity contribution in [2.24, 2.45) is 0 Å². The molecule has 96 valence electrons. The van der Waals surface area contributed by atoms with E-state index in [0.717, 1.165) is 4.47 Å². The molecular formula is C13H5Br2Cl2NO. The van der Waals surface area contributed by atoms with Gasteiger partial charge >= 0.3 is 0 Å². The fourth-order valence-electron chi connectivity index (χ4n) is 1.45. The first-order valence-corrected chi connectivity index (χ1v) is 7.37. The maximum Gasteiger partial charge on any atom is 0.184 e. The molecule has 0 radical (unpaired) electrons.